The van der Waals surface area contributed by atoms with Crippen LogP contribution in [-0.2, 0) is 21.4 Å². The van der Waals surface area contributed by atoms with E-state index >= 15 is 0 Å². The summed E-state index contributed by atoms with van der Waals surface area (Å²) < 4.78 is 38.0. The topological polar surface area (TPSA) is 103 Å². The summed E-state index contributed by atoms with van der Waals surface area (Å²) in [6.07, 6.45) is 6.19. The number of para-hydroxylation sites is 1. The largest absolute Gasteiger partial charge is 0.493 e. The number of ether oxygens (including phenoxy) is 2. The molecule has 0 spiro atoms. The number of aromatic nitrogens is 2. The van der Waals surface area contributed by atoms with Crippen LogP contribution in [0.4, 0.5) is 5.69 Å². The van der Waals surface area contributed by atoms with Crippen molar-refractivity contribution in [1.82, 2.24) is 14.9 Å². The Morgan fingerprint density at radius 2 is 1.87 bits per heavy atom. The highest BCUT2D eigenvalue weighted by Crippen LogP contribution is 2.32. The van der Waals surface area contributed by atoms with Gasteiger partial charge in [0.15, 0.2) is 11.5 Å². The molecule has 1 heterocycles. The number of methoxy groups -OCH3 is 2. The summed E-state index contributed by atoms with van der Waals surface area (Å²) in [5, 5.41) is 2.79. The molecular weight excluding hydrogens is 420 g/mol. The molecule has 3 aromatic rings. The first-order valence-electron chi connectivity index (χ1n) is 9.36. The number of nitrogens with one attached hydrogen (secondary N) is 1. The van der Waals surface area contributed by atoms with Gasteiger partial charge in [-0.2, -0.15) is 0 Å². The van der Waals surface area contributed by atoms with E-state index in [1.54, 1.807) is 24.7 Å². The summed E-state index contributed by atoms with van der Waals surface area (Å²) in [5.74, 6) is 0.379. The van der Waals surface area contributed by atoms with E-state index in [9.17, 15) is 13.2 Å². The van der Waals surface area contributed by atoms with Gasteiger partial charge in [0, 0.05) is 25.0 Å². The number of benzene rings is 2. The number of nitrogens with zero attached hydrogens (tertiary/aromatic N) is 3. The first-order valence-corrected chi connectivity index (χ1v) is 11.2. The molecule has 0 aliphatic heterocycles. The molecule has 164 valence electrons. The average molecular weight is 445 g/mol. The molecule has 1 N–H and O–H groups in total. The fourth-order valence-electron chi connectivity index (χ4n) is 3.07. The minimum Gasteiger partial charge on any atom is -0.493 e. The fraction of sp³-hybridized carbons (Fsp3) is 0.238. The number of rotatable bonds is 9. The molecule has 0 bridgehead atoms. The molecule has 0 radical (unpaired) electrons. The highest BCUT2D eigenvalue weighted by Gasteiger charge is 2.22. The van der Waals surface area contributed by atoms with Gasteiger partial charge in [-0.3, -0.25) is 9.10 Å². The Kier molecular flexibility index (Phi) is 6.81. The van der Waals surface area contributed by atoms with E-state index in [1.807, 2.05) is 35.0 Å². The number of hydrogen-bond acceptors (Lipinski definition) is 6. The molecule has 0 aliphatic rings. The molecule has 0 saturated carbocycles. The first kappa shape index (κ1) is 22.2. The van der Waals surface area contributed by atoms with E-state index in [0.717, 1.165) is 21.8 Å². The zero-order chi connectivity index (χ0) is 22.4. The number of sulfonamides is 1. The number of amides is 1. The zero-order valence-corrected chi connectivity index (χ0v) is 18.3. The van der Waals surface area contributed by atoms with Gasteiger partial charge in [-0.05, 0) is 23.8 Å². The van der Waals surface area contributed by atoms with Crippen molar-refractivity contribution in [2.45, 2.75) is 6.54 Å². The van der Waals surface area contributed by atoms with Crippen LogP contribution in [-0.4, -0.2) is 50.9 Å². The van der Waals surface area contributed by atoms with Crippen molar-refractivity contribution in [2.24, 2.45) is 0 Å². The van der Waals surface area contributed by atoms with E-state index in [2.05, 4.69) is 10.3 Å². The third kappa shape index (κ3) is 5.34. The van der Waals surface area contributed by atoms with Crippen LogP contribution in [0.25, 0.3) is 5.69 Å². The van der Waals surface area contributed by atoms with Crippen LogP contribution in [0.1, 0.15) is 5.56 Å². The van der Waals surface area contributed by atoms with Crippen molar-refractivity contribution >= 4 is 21.6 Å². The molecular formula is C21H24N4O5S. The van der Waals surface area contributed by atoms with Gasteiger partial charge in [0.05, 0.1) is 38.2 Å². The van der Waals surface area contributed by atoms with E-state index < -0.39 is 15.9 Å². The summed E-state index contributed by atoms with van der Waals surface area (Å²) in [6, 6.07) is 12.2. The lowest BCUT2D eigenvalue weighted by atomic mass is 10.1. The lowest BCUT2D eigenvalue weighted by molar-refractivity contribution is -0.119. The van der Waals surface area contributed by atoms with Crippen molar-refractivity contribution in [1.29, 1.82) is 0 Å². The molecule has 0 aliphatic carbocycles. The van der Waals surface area contributed by atoms with Gasteiger partial charge >= 0.3 is 0 Å². The Bertz CT molecular complexity index is 1150. The van der Waals surface area contributed by atoms with Gasteiger partial charge in [0.25, 0.3) is 0 Å². The van der Waals surface area contributed by atoms with Crippen molar-refractivity contribution in [3.63, 3.8) is 0 Å². The van der Waals surface area contributed by atoms with Crippen LogP contribution in [0.2, 0.25) is 0 Å². The summed E-state index contributed by atoms with van der Waals surface area (Å²) in [6.45, 7) is -0.141. The smallest absolute Gasteiger partial charge is 0.241 e. The molecule has 1 amide bonds. The van der Waals surface area contributed by atoms with Crippen LogP contribution >= 0.6 is 0 Å². The minimum atomic E-state index is -3.72. The van der Waals surface area contributed by atoms with Crippen molar-refractivity contribution < 1.29 is 22.7 Å². The second kappa shape index (κ2) is 9.52. The van der Waals surface area contributed by atoms with Gasteiger partial charge < -0.3 is 19.4 Å². The van der Waals surface area contributed by atoms with Crippen LogP contribution in [0.3, 0.4) is 0 Å². The maximum Gasteiger partial charge on any atom is 0.241 e. The Hall–Kier alpha value is -3.53. The standard InChI is InChI=1S/C21H24N4O5S/c1-29-19-9-8-17(12-20(19)30-2)25(31(3,27)28)14-21(26)23-13-16-6-4-5-7-18(16)24-11-10-22-15-24/h4-12,15H,13-14H2,1-3H3,(H,23,26). The Morgan fingerprint density at radius 3 is 2.52 bits per heavy atom. The predicted molar refractivity (Wildman–Crippen MR) is 117 cm³/mol. The molecule has 0 saturated heterocycles. The zero-order valence-electron chi connectivity index (χ0n) is 17.5. The van der Waals surface area contributed by atoms with Gasteiger partial charge in [-0.1, -0.05) is 18.2 Å². The summed E-state index contributed by atoms with van der Waals surface area (Å²) in [4.78, 5) is 16.7. The van der Waals surface area contributed by atoms with Gasteiger partial charge in [-0.15, -0.1) is 0 Å². The normalized spacial score (nSPS) is 11.1. The van der Waals surface area contributed by atoms with Crippen LogP contribution < -0.4 is 19.1 Å². The van der Waals surface area contributed by atoms with E-state index in [-0.39, 0.29) is 13.1 Å². The number of carbonyl (C=O) groups excluding carboxylic acids is 1. The number of imidazole rings is 1. The lowest BCUT2D eigenvalue weighted by Crippen LogP contribution is -2.40. The second-order valence-corrected chi connectivity index (χ2v) is 8.59. The molecule has 2 aromatic carbocycles. The molecule has 0 unspecified atom stereocenters. The Morgan fingerprint density at radius 1 is 1.13 bits per heavy atom. The van der Waals surface area contributed by atoms with Crippen LogP contribution in [0, 0.1) is 0 Å². The average Bonchev–Trinajstić information content (AvgIpc) is 3.29. The maximum absolute atomic E-state index is 12.6. The lowest BCUT2D eigenvalue weighted by Gasteiger charge is -2.23. The quantitative estimate of drug-likeness (QED) is 0.541. The summed E-state index contributed by atoms with van der Waals surface area (Å²) in [7, 11) is -0.778. The third-order valence-corrected chi connectivity index (χ3v) is 5.73. The molecule has 0 atom stereocenters. The van der Waals surface area contributed by atoms with Crippen molar-refractivity contribution in [3.05, 3.63) is 66.7 Å². The number of anilines is 1. The summed E-state index contributed by atoms with van der Waals surface area (Å²) in [5.41, 5.74) is 2.04. The van der Waals surface area contributed by atoms with Crippen molar-refractivity contribution in [3.8, 4) is 17.2 Å². The summed E-state index contributed by atoms with van der Waals surface area (Å²) >= 11 is 0. The molecule has 9 nitrogen and oxygen atoms in total. The molecule has 3 rings (SSSR count). The van der Waals surface area contributed by atoms with E-state index in [0.29, 0.717) is 17.2 Å². The molecule has 0 fully saturated rings. The molecule has 31 heavy (non-hydrogen) atoms. The second-order valence-electron chi connectivity index (χ2n) is 6.68. The van der Waals surface area contributed by atoms with Crippen molar-refractivity contribution in [2.75, 3.05) is 31.3 Å². The van der Waals surface area contributed by atoms with Gasteiger partial charge in [-0.25, -0.2) is 13.4 Å². The van der Waals surface area contributed by atoms with Crippen LogP contribution in [0.5, 0.6) is 11.5 Å². The number of hydrogen-bond donors (Lipinski definition) is 1. The SMILES string of the molecule is COc1ccc(N(CC(=O)NCc2ccccc2-n2ccnc2)S(C)(=O)=O)cc1OC. The predicted octanol–water partition coefficient (Wildman–Crippen LogP) is 1.97. The monoisotopic (exact) mass is 444 g/mol. The Balaban J connectivity index is 1.76. The maximum atomic E-state index is 12.6. The molecule has 10 heteroatoms. The fourth-order valence-corrected chi connectivity index (χ4v) is 3.92. The number of carbonyl (C=O) groups is 1. The Labute approximate surface area is 181 Å². The van der Waals surface area contributed by atoms with E-state index in [4.69, 9.17) is 9.47 Å². The molecule has 1 aromatic heterocycles. The van der Waals surface area contributed by atoms with Gasteiger partial charge in [0.2, 0.25) is 15.9 Å². The highest BCUT2D eigenvalue weighted by atomic mass is 32.2. The highest BCUT2D eigenvalue weighted by molar-refractivity contribution is 7.92. The van der Waals surface area contributed by atoms with Gasteiger partial charge in [0.1, 0.15) is 6.54 Å². The first-order chi connectivity index (χ1) is 14.8. The third-order valence-electron chi connectivity index (χ3n) is 4.59. The van der Waals surface area contributed by atoms with E-state index in [1.165, 1.54) is 20.3 Å². The van der Waals surface area contributed by atoms with Crippen LogP contribution in [0.15, 0.2) is 61.2 Å². The minimum absolute atomic E-state index is 0.233.